The van der Waals surface area contributed by atoms with Gasteiger partial charge in [-0.1, -0.05) is 47.5 Å². The van der Waals surface area contributed by atoms with Crippen LogP contribution in [-0.4, -0.2) is 57.8 Å². The molecule has 0 bridgehead atoms. The van der Waals surface area contributed by atoms with E-state index in [1.165, 1.54) is 25.1 Å². The first kappa shape index (κ1) is 24.8. The lowest BCUT2D eigenvalue weighted by atomic mass is 10.1. The Kier molecular flexibility index (Phi) is 8.41. The van der Waals surface area contributed by atoms with Crippen molar-refractivity contribution in [2.24, 2.45) is 0 Å². The quantitative estimate of drug-likeness (QED) is 0.602. The fraction of sp³-hybridized carbons (Fsp3) is 0.409. The second-order valence-corrected chi connectivity index (χ2v) is 10.4. The van der Waals surface area contributed by atoms with Gasteiger partial charge in [0.2, 0.25) is 15.9 Å². The van der Waals surface area contributed by atoms with Gasteiger partial charge >= 0.3 is 0 Å². The number of nitrogens with zero attached hydrogens (tertiary/aromatic N) is 2. The fourth-order valence-electron chi connectivity index (χ4n) is 3.62. The molecule has 1 aliphatic heterocycles. The Balaban J connectivity index is 1.67. The van der Waals surface area contributed by atoms with E-state index in [1.54, 1.807) is 0 Å². The largest absolute Gasteiger partial charge is 0.379 e. The number of nitrogens with one attached hydrogen (secondary N) is 1. The zero-order valence-corrected chi connectivity index (χ0v) is 20.4. The normalized spacial score (nSPS) is 15.9. The molecular weight excluding hydrogens is 473 g/mol. The number of halogens is 2. The van der Waals surface area contributed by atoms with Gasteiger partial charge in [-0.2, -0.15) is 0 Å². The van der Waals surface area contributed by atoms with Crippen LogP contribution in [0.5, 0.6) is 0 Å². The zero-order valence-electron chi connectivity index (χ0n) is 18.1. The number of amides is 1. The molecule has 1 atom stereocenters. The summed E-state index contributed by atoms with van der Waals surface area (Å²) in [5.74, 6) is -0.417. The summed E-state index contributed by atoms with van der Waals surface area (Å²) < 4.78 is 31.3. The average molecular weight is 500 g/mol. The maximum Gasteiger partial charge on any atom is 0.243 e. The fourth-order valence-corrected chi connectivity index (χ4v) is 5.08. The third kappa shape index (κ3) is 6.59. The molecule has 2 aromatic rings. The van der Waals surface area contributed by atoms with Crippen molar-refractivity contribution >= 4 is 44.8 Å². The van der Waals surface area contributed by atoms with Crippen molar-refractivity contribution in [1.82, 2.24) is 10.2 Å². The van der Waals surface area contributed by atoms with E-state index in [4.69, 9.17) is 27.9 Å². The first-order chi connectivity index (χ1) is 15.1. The van der Waals surface area contributed by atoms with Crippen molar-refractivity contribution in [3.05, 3.63) is 63.6 Å². The molecule has 1 aliphatic rings. The number of anilines is 1. The van der Waals surface area contributed by atoms with Crippen molar-refractivity contribution in [2.45, 2.75) is 26.1 Å². The standard InChI is InChI=1S/C22H27Cl2N3O4S/c1-16(27(32(2,29)30)19-6-7-20(23)21(24)13-19)22(28)25-14-17-4-3-5-18(12-17)15-26-8-10-31-11-9-26/h3-7,12-13,16H,8-11,14-15H2,1-2H3,(H,25,28). The van der Waals surface area contributed by atoms with Crippen LogP contribution in [0.2, 0.25) is 10.0 Å². The van der Waals surface area contributed by atoms with Crippen molar-refractivity contribution in [1.29, 1.82) is 0 Å². The predicted molar refractivity (Wildman–Crippen MR) is 128 cm³/mol. The maximum atomic E-state index is 12.8. The van der Waals surface area contributed by atoms with Crippen LogP contribution in [0.4, 0.5) is 5.69 Å². The highest BCUT2D eigenvalue weighted by atomic mass is 35.5. The monoisotopic (exact) mass is 499 g/mol. The summed E-state index contributed by atoms with van der Waals surface area (Å²) in [4.78, 5) is 15.2. The Bertz CT molecular complexity index is 1060. The maximum absolute atomic E-state index is 12.8. The van der Waals surface area contributed by atoms with Crippen molar-refractivity contribution in [3.8, 4) is 0 Å². The van der Waals surface area contributed by atoms with Gasteiger partial charge < -0.3 is 10.1 Å². The Hall–Kier alpha value is -1.84. The molecule has 0 aliphatic carbocycles. The number of hydrogen-bond acceptors (Lipinski definition) is 5. The molecule has 7 nitrogen and oxygen atoms in total. The molecule has 1 saturated heterocycles. The molecule has 2 aromatic carbocycles. The predicted octanol–water partition coefficient (Wildman–Crippen LogP) is 3.30. The van der Waals surface area contributed by atoms with Gasteiger partial charge in [0, 0.05) is 26.2 Å². The molecule has 0 radical (unpaired) electrons. The van der Waals surface area contributed by atoms with E-state index in [-0.39, 0.29) is 10.7 Å². The summed E-state index contributed by atoms with van der Waals surface area (Å²) in [6.07, 6.45) is 1.05. The van der Waals surface area contributed by atoms with E-state index < -0.39 is 22.0 Å². The first-order valence-corrected chi connectivity index (χ1v) is 12.9. The average Bonchev–Trinajstić information content (AvgIpc) is 2.74. The summed E-state index contributed by atoms with van der Waals surface area (Å²) in [6.45, 7) is 5.92. The Morgan fingerprint density at radius 3 is 2.47 bits per heavy atom. The van der Waals surface area contributed by atoms with E-state index in [2.05, 4.69) is 16.3 Å². The molecule has 3 rings (SSSR count). The minimum Gasteiger partial charge on any atom is -0.379 e. The van der Waals surface area contributed by atoms with Gasteiger partial charge in [-0.3, -0.25) is 14.0 Å². The number of hydrogen-bond donors (Lipinski definition) is 1. The van der Waals surface area contributed by atoms with Crippen molar-refractivity contribution in [2.75, 3.05) is 36.9 Å². The molecule has 1 unspecified atom stereocenters. The molecule has 174 valence electrons. The molecule has 0 spiro atoms. The molecule has 1 amide bonds. The van der Waals surface area contributed by atoms with Gasteiger partial charge in [-0.05, 0) is 36.2 Å². The molecule has 1 heterocycles. The molecule has 0 saturated carbocycles. The molecule has 1 fully saturated rings. The van der Waals surface area contributed by atoms with E-state index in [0.717, 1.165) is 54.5 Å². The van der Waals surface area contributed by atoms with Crippen LogP contribution in [0, 0.1) is 0 Å². The lowest BCUT2D eigenvalue weighted by molar-refractivity contribution is -0.122. The smallest absolute Gasteiger partial charge is 0.243 e. The van der Waals surface area contributed by atoms with Crippen LogP contribution in [0.25, 0.3) is 0 Å². The van der Waals surface area contributed by atoms with E-state index in [9.17, 15) is 13.2 Å². The highest BCUT2D eigenvalue weighted by Gasteiger charge is 2.29. The minimum atomic E-state index is -3.74. The number of carbonyl (C=O) groups is 1. The number of carbonyl (C=O) groups excluding carboxylic acids is 1. The van der Waals surface area contributed by atoms with Gasteiger partial charge in [0.25, 0.3) is 0 Å². The Labute approximate surface area is 199 Å². The lowest BCUT2D eigenvalue weighted by Gasteiger charge is -2.28. The lowest BCUT2D eigenvalue weighted by Crippen LogP contribution is -2.47. The number of ether oxygens (including phenoxy) is 1. The summed E-state index contributed by atoms with van der Waals surface area (Å²) in [5, 5.41) is 3.35. The van der Waals surface area contributed by atoms with Gasteiger partial charge in [0.15, 0.2) is 0 Å². The van der Waals surface area contributed by atoms with Gasteiger partial charge in [-0.15, -0.1) is 0 Å². The number of sulfonamides is 1. The highest BCUT2D eigenvalue weighted by molar-refractivity contribution is 7.92. The van der Waals surface area contributed by atoms with Crippen molar-refractivity contribution in [3.63, 3.8) is 0 Å². The molecule has 0 aromatic heterocycles. The molecule has 1 N–H and O–H groups in total. The van der Waals surface area contributed by atoms with Crippen LogP contribution in [0.15, 0.2) is 42.5 Å². The van der Waals surface area contributed by atoms with Gasteiger partial charge in [-0.25, -0.2) is 8.42 Å². The summed E-state index contributed by atoms with van der Waals surface area (Å²) in [5.41, 5.74) is 2.37. The van der Waals surface area contributed by atoms with E-state index in [1.807, 2.05) is 18.2 Å². The van der Waals surface area contributed by atoms with Gasteiger partial charge in [0.05, 0.1) is 35.2 Å². The second-order valence-electron chi connectivity index (χ2n) is 7.76. The minimum absolute atomic E-state index is 0.211. The van der Waals surface area contributed by atoms with E-state index >= 15 is 0 Å². The zero-order chi connectivity index (χ0) is 23.3. The topological polar surface area (TPSA) is 79.0 Å². The number of benzene rings is 2. The van der Waals surface area contributed by atoms with Gasteiger partial charge in [0.1, 0.15) is 6.04 Å². The third-order valence-corrected chi connectivity index (χ3v) is 7.19. The van der Waals surface area contributed by atoms with Crippen LogP contribution in [-0.2, 0) is 32.6 Å². The third-order valence-electron chi connectivity index (χ3n) is 5.21. The summed E-state index contributed by atoms with van der Waals surface area (Å²) in [7, 11) is -3.74. The summed E-state index contributed by atoms with van der Waals surface area (Å²) in [6, 6.07) is 11.5. The van der Waals surface area contributed by atoms with Crippen LogP contribution in [0.1, 0.15) is 18.1 Å². The number of morpholine rings is 1. The molecular formula is C22H27Cl2N3O4S. The SMILES string of the molecule is CC(C(=O)NCc1cccc(CN2CCOCC2)c1)N(c1ccc(Cl)c(Cl)c1)S(C)(=O)=O. The van der Waals surface area contributed by atoms with Crippen LogP contribution >= 0.6 is 23.2 Å². The molecule has 10 heteroatoms. The van der Waals surface area contributed by atoms with Crippen LogP contribution in [0.3, 0.4) is 0 Å². The second kappa shape index (κ2) is 10.9. The number of rotatable bonds is 8. The molecule has 32 heavy (non-hydrogen) atoms. The Morgan fingerprint density at radius 1 is 1.12 bits per heavy atom. The first-order valence-electron chi connectivity index (χ1n) is 10.3. The highest BCUT2D eigenvalue weighted by Crippen LogP contribution is 2.29. The van der Waals surface area contributed by atoms with Crippen molar-refractivity contribution < 1.29 is 17.9 Å². The van der Waals surface area contributed by atoms with E-state index in [0.29, 0.717) is 11.6 Å². The Morgan fingerprint density at radius 2 is 1.81 bits per heavy atom. The summed E-state index contributed by atoms with van der Waals surface area (Å²) >= 11 is 12.0. The van der Waals surface area contributed by atoms with Crippen LogP contribution < -0.4 is 9.62 Å².